The van der Waals surface area contributed by atoms with Gasteiger partial charge >= 0.3 is 6.03 Å². The van der Waals surface area contributed by atoms with Crippen LogP contribution in [0.3, 0.4) is 0 Å². The molecule has 0 bridgehead atoms. The van der Waals surface area contributed by atoms with E-state index in [1.807, 2.05) is 44.2 Å². The normalized spacial score (nSPS) is 14.2. The molecule has 0 spiro atoms. The maximum absolute atomic E-state index is 14.4. The van der Waals surface area contributed by atoms with E-state index < -0.39 is 5.82 Å². The predicted molar refractivity (Wildman–Crippen MR) is 154 cm³/mol. The Hall–Kier alpha value is -2.96. The van der Waals surface area contributed by atoms with Crippen molar-refractivity contribution in [2.45, 2.75) is 52.5 Å². The van der Waals surface area contributed by atoms with Crippen molar-refractivity contribution in [3.63, 3.8) is 0 Å². The summed E-state index contributed by atoms with van der Waals surface area (Å²) < 4.78 is 25.4. The quantitative estimate of drug-likeness (QED) is 0.328. The number of benzene rings is 3. The molecule has 4 rings (SSSR count). The number of urea groups is 1. The Morgan fingerprint density at radius 3 is 2.32 bits per heavy atom. The molecular formula is C30H35Cl2FN2O3. The van der Waals surface area contributed by atoms with Crippen LogP contribution in [0.5, 0.6) is 11.5 Å². The zero-order valence-electron chi connectivity index (χ0n) is 22.5. The first-order chi connectivity index (χ1) is 18.2. The van der Waals surface area contributed by atoms with Crippen LogP contribution in [-0.2, 0) is 12.8 Å². The number of carbonyl (C=O) groups is 1. The van der Waals surface area contributed by atoms with Crippen LogP contribution in [-0.4, -0.2) is 31.7 Å². The molecule has 1 aliphatic rings. The van der Waals surface area contributed by atoms with Crippen LogP contribution in [0.2, 0.25) is 10.0 Å². The number of ether oxygens (including phenoxy) is 2. The number of amides is 2. The van der Waals surface area contributed by atoms with E-state index in [4.69, 9.17) is 32.7 Å². The first kappa shape index (κ1) is 29.6. The van der Waals surface area contributed by atoms with Gasteiger partial charge in [0.2, 0.25) is 0 Å². The van der Waals surface area contributed by atoms with E-state index in [2.05, 4.69) is 12.2 Å². The lowest BCUT2D eigenvalue weighted by molar-refractivity contribution is 0.175. The van der Waals surface area contributed by atoms with Gasteiger partial charge in [0.1, 0.15) is 17.3 Å². The van der Waals surface area contributed by atoms with Crippen LogP contribution in [0.4, 0.5) is 14.9 Å². The fraction of sp³-hybridized carbons (Fsp3) is 0.367. The number of carbonyl (C=O) groups excluding carboxylic acids is 1. The topological polar surface area (TPSA) is 50.8 Å². The van der Waals surface area contributed by atoms with Gasteiger partial charge in [0.05, 0.1) is 25.9 Å². The van der Waals surface area contributed by atoms with Crippen LogP contribution < -0.4 is 14.8 Å². The maximum Gasteiger partial charge on any atom is 0.322 e. The molecule has 0 aromatic heterocycles. The molecule has 0 fully saturated rings. The summed E-state index contributed by atoms with van der Waals surface area (Å²) in [7, 11) is 3.26. The van der Waals surface area contributed by atoms with Crippen molar-refractivity contribution in [2.24, 2.45) is 0 Å². The lowest BCUT2D eigenvalue weighted by Gasteiger charge is -2.38. The molecule has 1 N–H and O–H groups in total. The molecule has 0 aliphatic carbocycles. The molecule has 3 aromatic carbocycles. The van der Waals surface area contributed by atoms with Gasteiger partial charge in [-0.05, 0) is 79.3 Å². The van der Waals surface area contributed by atoms with Crippen molar-refractivity contribution in [2.75, 3.05) is 26.1 Å². The van der Waals surface area contributed by atoms with E-state index in [9.17, 15) is 9.18 Å². The summed E-state index contributed by atoms with van der Waals surface area (Å²) in [6.07, 6.45) is 3.13. The summed E-state index contributed by atoms with van der Waals surface area (Å²) in [4.78, 5) is 14.9. The Morgan fingerprint density at radius 1 is 1.05 bits per heavy atom. The standard InChI is InChI=1S/C23H29FN2O3.C7H6Cl2/c1-5-7-20-22-16(13-17(28-3)14-21(22)29-4)10-11-26(20)23(27)25-19-9-8-15(6-2)12-18(19)24;1-5-2-6(8)4-7(9)3-5/h8-9,12-14,20H,5-7,10-11H2,1-4H3,(H,25,27);2-4H,1H3. The first-order valence-corrected chi connectivity index (χ1v) is 13.5. The van der Waals surface area contributed by atoms with Gasteiger partial charge in [-0.15, -0.1) is 0 Å². The minimum absolute atomic E-state index is 0.136. The van der Waals surface area contributed by atoms with Gasteiger partial charge < -0.3 is 19.7 Å². The second kappa shape index (κ2) is 13.7. The third-order valence-electron chi connectivity index (χ3n) is 6.50. The minimum Gasteiger partial charge on any atom is -0.497 e. The van der Waals surface area contributed by atoms with E-state index in [0.29, 0.717) is 28.8 Å². The number of anilines is 1. The van der Waals surface area contributed by atoms with Gasteiger partial charge in [-0.3, -0.25) is 0 Å². The summed E-state index contributed by atoms with van der Waals surface area (Å²) in [6.45, 7) is 6.56. The molecule has 3 aromatic rings. The third-order valence-corrected chi connectivity index (χ3v) is 6.94. The van der Waals surface area contributed by atoms with Gasteiger partial charge in [-0.2, -0.15) is 0 Å². The number of nitrogens with one attached hydrogen (secondary N) is 1. The van der Waals surface area contributed by atoms with Gasteiger partial charge in [-0.25, -0.2) is 9.18 Å². The lowest BCUT2D eigenvalue weighted by atomic mass is 9.89. The van der Waals surface area contributed by atoms with Crippen LogP contribution in [0.15, 0.2) is 48.5 Å². The zero-order valence-corrected chi connectivity index (χ0v) is 24.0. The molecule has 1 heterocycles. The molecule has 5 nitrogen and oxygen atoms in total. The first-order valence-electron chi connectivity index (χ1n) is 12.7. The highest BCUT2D eigenvalue weighted by Gasteiger charge is 2.33. The Labute approximate surface area is 234 Å². The van der Waals surface area contributed by atoms with Crippen LogP contribution in [0.1, 0.15) is 55.0 Å². The monoisotopic (exact) mass is 560 g/mol. The number of halogens is 3. The number of methoxy groups -OCH3 is 2. The Kier molecular flexibility index (Phi) is 10.7. The van der Waals surface area contributed by atoms with E-state index >= 15 is 0 Å². The van der Waals surface area contributed by atoms with Crippen molar-refractivity contribution in [3.05, 3.63) is 86.6 Å². The molecule has 0 saturated heterocycles. The molecule has 8 heteroatoms. The maximum atomic E-state index is 14.4. The van der Waals surface area contributed by atoms with Crippen LogP contribution in [0, 0.1) is 12.7 Å². The summed E-state index contributed by atoms with van der Waals surface area (Å²) in [5.74, 6) is 1.05. The smallest absolute Gasteiger partial charge is 0.322 e. The Morgan fingerprint density at radius 2 is 1.76 bits per heavy atom. The Bertz CT molecular complexity index is 1200. The second-order valence-corrected chi connectivity index (χ2v) is 10.1. The van der Waals surface area contributed by atoms with Crippen LogP contribution >= 0.6 is 23.2 Å². The summed E-state index contributed by atoms with van der Waals surface area (Å²) in [5.41, 5.74) is 4.33. The van der Waals surface area contributed by atoms with Gasteiger partial charge in [-0.1, -0.05) is 49.5 Å². The van der Waals surface area contributed by atoms with E-state index in [-0.39, 0.29) is 17.8 Å². The minimum atomic E-state index is -0.413. The largest absolute Gasteiger partial charge is 0.497 e. The van der Waals surface area contributed by atoms with Crippen molar-refractivity contribution < 1.29 is 18.7 Å². The van der Waals surface area contributed by atoms with E-state index in [0.717, 1.165) is 47.3 Å². The molecular weight excluding hydrogens is 526 g/mol. The number of aryl methyl sites for hydroxylation is 2. The van der Waals surface area contributed by atoms with Crippen LogP contribution in [0.25, 0.3) is 0 Å². The molecule has 0 radical (unpaired) electrons. The molecule has 1 atom stereocenters. The highest BCUT2D eigenvalue weighted by atomic mass is 35.5. The molecule has 2 amide bonds. The highest BCUT2D eigenvalue weighted by molar-refractivity contribution is 6.34. The average molecular weight is 562 g/mol. The number of rotatable bonds is 6. The average Bonchev–Trinajstić information content (AvgIpc) is 2.88. The fourth-order valence-corrected chi connectivity index (χ4v) is 5.29. The molecule has 1 aliphatic heterocycles. The number of hydrogen-bond acceptors (Lipinski definition) is 3. The second-order valence-electron chi connectivity index (χ2n) is 9.20. The lowest BCUT2D eigenvalue weighted by Crippen LogP contribution is -2.42. The fourth-order valence-electron chi connectivity index (χ4n) is 4.66. The summed E-state index contributed by atoms with van der Waals surface area (Å²) >= 11 is 11.3. The number of fused-ring (bicyclic) bond motifs is 1. The van der Waals surface area contributed by atoms with Crippen molar-refractivity contribution >= 4 is 34.9 Å². The number of nitrogens with zero attached hydrogens (tertiary/aromatic N) is 1. The van der Waals surface area contributed by atoms with Crippen molar-refractivity contribution in [1.29, 1.82) is 0 Å². The third kappa shape index (κ3) is 7.33. The van der Waals surface area contributed by atoms with Crippen molar-refractivity contribution in [1.82, 2.24) is 4.90 Å². The van der Waals surface area contributed by atoms with Crippen molar-refractivity contribution in [3.8, 4) is 11.5 Å². The number of hydrogen-bond donors (Lipinski definition) is 1. The Balaban J connectivity index is 0.000000375. The molecule has 0 saturated carbocycles. The van der Waals surface area contributed by atoms with Gasteiger partial charge in [0, 0.05) is 28.2 Å². The highest BCUT2D eigenvalue weighted by Crippen LogP contribution is 2.41. The van der Waals surface area contributed by atoms with Gasteiger partial charge in [0.25, 0.3) is 0 Å². The van der Waals surface area contributed by atoms with Gasteiger partial charge in [0.15, 0.2) is 0 Å². The van der Waals surface area contributed by atoms with E-state index in [1.54, 1.807) is 31.3 Å². The predicted octanol–water partition coefficient (Wildman–Crippen LogP) is 8.64. The zero-order chi connectivity index (χ0) is 27.8. The molecule has 204 valence electrons. The summed E-state index contributed by atoms with van der Waals surface area (Å²) in [5, 5.41) is 4.15. The SMILES string of the molecule is CCCC1c2c(cc(OC)cc2OC)CCN1C(=O)Nc1ccc(CC)cc1F.Cc1cc(Cl)cc(Cl)c1. The van der Waals surface area contributed by atoms with E-state index in [1.165, 1.54) is 6.07 Å². The summed E-state index contributed by atoms with van der Waals surface area (Å²) in [6, 6.07) is 13.8. The molecule has 1 unspecified atom stereocenters. The molecule has 38 heavy (non-hydrogen) atoms.